The van der Waals surface area contributed by atoms with Crippen molar-refractivity contribution in [3.05, 3.63) is 0 Å². The van der Waals surface area contributed by atoms with Gasteiger partial charge in [-0.1, -0.05) is 33.1 Å². The number of nitrogens with zero attached hydrogens (tertiary/aromatic N) is 1. The highest BCUT2D eigenvalue weighted by molar-refractivity contribution is 5.79. The van der Waals surface area contributed by atoms with Gasteiger partial charge in [0.1, 0.15) is 0 Å². The maximum absolute atomic E-state index is 5.77. The molecular formula is C16H33N3O. The molecule has 1 aliphatic carbocycles. The first-order valence-electron chi connectivity index (χ1n) is 8.26. The topological polar surface area (TPSA) is 45.6 Å². The van der Waals surface area contributed by atoms with Gasteiger partial charge in [-0.2, -0.15) is 0 Å². The summed E-state index contributed by atoms with van der Waals surface area (Å²) >= 11 is 0. The van der Waals surface area contributed by atoms with E-state index in [2.05, 4.69) is 36.4 Å². The molecule has 0 saturated heterocycles. The van der Waals surface area contributed by atoms with Crippen molar-refractivity contribution in [1.82, 2.24) is 10.6 Å². The first kappa shape index (κ1) is 17.3. The van der Waals surface area contributed by atoms with Crippen molar-refractivity contribution in [3.63, 3.8) is 0 Å². The SMILES string of the molecule is CCOC(CCNC(=NC)NC1CCCCC1)C(C)C. The number of rotatable bonds is 7. The van der Waals surface area contributed by atoms with E-state index >= 15 is 0 Å². The molecule has 0 bridgehead atoms. The monoisotopic (exact) mass is 283 g/mol. The molecule has 1 saturated carbocycles. The first-order valence-corrected chi connectivity index (χ1v) is 8.26. The molecule has 118 valence electrons. The Morgan fingerprint density at radius 2 is 1.95 bits per heavy atom. The molecule has 0 aromatic rings. The van der Waals surface area contributed by atoms with Crippen LogP contribution in [0.5, 0.6) is 0 Å². The van der Waals surface area contributed by atoms with Gasteiger partial charge in [-0.25, -0.2) is 0 Å². The molecule has 1 rings (SSSR count). The largest absolute Gasteiger partial charge is 0.378 e. The second-order valence-corrected chi connectivity index (χ2v) is 6.00. The molecule has 0 aromatic heterocycles. The predicted octanol–water partition coefficient (Wildman–Crippen LogP) is 2.94. The van der Waals surface area contributed by atoms with Crippen molar-refractivity contribution in [2.75, 3.05) is 20.2 Å². The maximum atomic E-state index is 5.77. The number of hydrogen-bond donors (Lipinski definition) is 2. The molecule has 1 atom stereocenters. The molecule has 1 fully saturated rings. The third-order valence-electron chi connectivity index (χ3n) is 4.02. The summed E-state index contributed by atoms with van der Waals surface area (Å²) in [5.41, 5.74) is 0. The van der Waals surface area contributed by atoms with Crippen LogP contribution in [0.3, 0.4) is 0 Å². The van der Waals surface area contributed by atoms with E-state index in [9.17, 15) is 0 Å². The van der Waals surface area contributed by atoms with Crippen LogP contribution in [0.1, 0.15) is 59.3 Å². The average Bonchev–Trinajstić information content (AvgIpc) is 2.46. The molecule has 0 heterocycles. The third-order valence-corrected chi connectivity index (χ3v) is 4.02. The molecule has 20 heavy (non-hydrogen) atoms. The van der Waals surface area contributed by atoms with E-state index in [0.29, 0.717) is 18.1 Å². The number of aliphatic imine (C=N–C) groups is 1. The van der Waals surface area contributed by atoms with Gasteiger partial charge in [-0.15, -0.1) is 0 Å². The van der Waals surface area contributed by atoms with Gasteiger partial charge >= 0.3 is 0 Å². The lowest BCUT2D eigenvalue weighted by Gasteiger charge is -2.26. The Bertz CT molecular complexity index is 273. The Kier molecular flexibility index (Phi) is 8.67. The number of nitrogens with one attached hydrogen (secondary N) is 2. The van der Waals surface area contributed by atoms with Crippen LogP contribution in [0.4, 0.5) is 0 Å². The number of guanidine groups is 1. The zero-order valence-corrected chi connectivity index (χ0v) is 13.7. The Morgan fingerprint density at radius 3 is 2.50 bits per heavy atom. The summed E-state index contributed by atoms with van der Waals surface area (Å²) in [6.45, 7) is 8.20. The van der Waals surface area contributed by atoms with Gasteiger partial charge in [-0.3, -0.25) is 4.99 Å². The third kappa shape index (κ3) is 6.60. The minimum absolute atomic E-state index is 0.334. The van der Waals surface area contributed by atoms with E-state index in [1.807, 2.05) is 7.05 Å². The van der Waals surface area contributed by atoms with Gasteiger partial charge in [0.05, 0.1) is 6.10 Å². The van der Waals surface area contributed by atoms with Crippen molar-refractivity contribution < 1.29 is 4.74 Å². The lowest BCUT2D eigenvalue weighted by molar-refractivity contribution is 0.0258. The van der Waals surface area contributed by atoms with Gasteiger partial charge in [-0.05, 0) is 32.1 Å². The molecule has 2 N–H and O–H groups in total. The van der Waals surface area contributed by atoms with E-state index in [0.717, 1.165) is 25.5 Å². The quantitative estimate of drug-likeness (QED) is 0.558. The van der Waals surface area contributed by atoms with E-state index in [-0.39, 0.29) is 0 Å². The summed E-state index contributed by atoms with van der Waals surface area (Å²) in [6, 6.07) is 0.600. The fraction of sp³-hybridized carbons (Fsp3) is 0.938. The average molecular weight is 283 g/mol. The zero-order valence-electron chi connectivity index (χ0n) is 13.7. The Balaban J connectivity index is 2.26. The van der Waals surface area contributed by atoms with Gasteiger partial charge in [0.15, 0.2) is 5.96 Å². The molecule has 4 heteroatoms. The second kappa shape index (κ2) is 10.0. The van der Waals surface area contributed by atoms with Gasteiger partial charge in [0.25, 0.3) is 0 Å². The summed E-state index contributed by atoms with van der Waals surface area (Å²) in [4.78, 5) is 4.32. The van der Waals surface area contributed by atoms with Crippen molar-refractivity contribution in [2.45, 2.75) is 71.4 Å². The molecule has 0 aromatic carbocycles. The zero-order chi connectivity index (χ0) is 14.8. The van der Waals surface area contributed by atoms with Crippen LogP contribution in [0.15, 0.2) is 4.99 Å². The lowest BCUT2D eigenvalue weighted by Crippen LogP contribution is -2.45. The van der Waals surface area contributed by atoms with E-state index in [1.54, 1.807) is 0 Å². The molecule has 4 nitrogen and oxygen atoms in total. The normalized spacial score (nSPS) is 19.1. The van der Waals surface area contributed by atoms with E-state index in [4.69, 9.17) is 4.74 Å². The minimum atomic E-state index is 0.334. The highest BCUT2D eigenvalue weighted by Crippen LogP contribution is 2.17. The maximum Gasteiger partial charge on any atom is 0.191 e. The van der Waals surface area contributed by atoms with Gasteiger partial charge in [0.2, 0.25) is 0 Å². The van der Waals surface area contributed by atoms with Crippen molar-refractivity contribution in [3.8, 4) is 0 Å². The fourth-order valence-corrected chi connectivity index (χ4v) is 2.79. The standard InChI is InChI=1S/C16H33N3O/c1-5-20-15(13(2)3)11-12-18-16(17-4)19-14-9-7-6-8-10-14/h13-15H,5-12H2,1-4H3,(H2,17,18,19). The van der Waals surface area contributed by atoms with Crippen LogP contribution in [0, 0.1) is 5.92 Å². The Labute approximate surface area is 124 Å². The highest BCUT2D eigenvalue weighted by Gasteiger charge is 2.15. The van der Waals surface area contributed by atoms with E-state index < -0.39 is 0 Å². The summed E-state index contributed by atoms with van der Waals surface area (Å²) in [5, 5.41) is 6.96. The van der Waals surface area contributed by atoms with Crippen LogP contribution >= 0.6 is 0 Å². The van der Waals surface area contributed by atoms with Crippen LogP contribution in [0.25, 0.3) is 0 Å². The second-order valence-electron chi connectivity index (χ2n) is 6.00. The highest BCUT2D eigenvalue weighted by atomic mass is 16.5. The van der Waals surface area contributed by atoms with Crippen molar-refractivity contribution in [2.24, 2.45) is 10.9 Å². The van der Waals surface area contributed by atoms with Crippen LogP contribution in [-0.4, -0.2) is 38.3 Å². The summed E-state index contributed by atoms with van der Waals surface area (Å²) in [5.74, 6) is 1.50. The lowest BCUT2D eigenvalue weighted by atomic mass is 9.96. The first-order chi connectivity index (χ1) is 9.67. The minimum Gasteiger partial charge on any atom is -0.378 e. The molecule has 0 amide bonds. The Morgan fingerprint density at radius 1 is 1.25 bits per heavy atom. The van der Waals surface area contributed by atoms with Crippen molar-refractivity contribution in [1.29, 1.82) is 0 Å². The fourth-order valence-electron chi connectivity index (χ4n) is 2.79. The molecular weight excluding hydrogens is 250 g/mol. The van der Waals surface area contributed by atoms with Crippen LogP contribution in [-0.2, 0) is 4.74 Å². The molecule has 0 spiro atoms. The smallest absolute Gasteiger partial charge is 0.191 e. The summed E-state index contributed by atoms with van der Waals surface area (Å²) < 4.78 is 5.77. The van der Waals surface area contributed by atoms with Gasteiger partial charge < -0.3 is 15.4 Å². The molecule has 1 aliphatic rings. The molecule has 1 unspecified atom stereocenters. The van der Waals surface area contributed by atoms with Crippen LogP contribution < -0.4 is 10.6 Å². The predicted molar refractivity (Wildman–Crippen MR) is 86.2 cm³/mol. The van der Waals surface area contributed by atoms with Crippen LogP contribution in [0.2, 0.25) is 0 Å². The summed E-state index contributed by atoms with van der Waals surface area (Å²) in [6.07, 6.45) is 7.97. The number of ether oxygens (including phenoxy) is 1. The Hall–Kier alpha value is -0.770. The summed E-state index contributed by atoms with van der Waals surface area (Å²) in [7, 11) is 1.85. The number of hydrogen-bond acceptors (Lipinski definition) is 2. The van der Waals surface area contributed by atoms with Gasteiger partial charge in [0, 0.05) is 26.2 Å². The van der Waals surface area contributed by atoms with E-state index in [1.165, 1.54) is 32.1 Å². The molecule has 0 aliphatic heterocycles. The molecule has 0 radical (unpaired) electrons. The van der Waals surface area contributed by atoms with Crippen molar-refractivity contribution >= 4 is 5.96 Å².